The van der Waals surface area contributed by atoms with Gasteiger partial charge in [-0.2, -0.15) is 0 Å². The first-order valence-electron chi connectivity index (χ1n) is 17.8. The second-order valence-corrected chi connectivity index (χ2v) is 16.1. The van der Waals surface area contributed by atoms with Crippen molar-refractivity contribution >= 4 is 40.7 Å². The zero-order chi connectivity index (χ0) is 36.0. The van der Waals surface area contributed by atoms with E-state index < -0.39 is 23.2 Å². The third-order valence-corrected chi connectivity index (χ3v) is 12.1. The summed E-state index contributed by atoms with van der Waals surface area (Å²) < 4.78 is 5.62. The van der Waals surface area contributed by atoms with Crippen molar-refractivity contribution in [1.82, 2.24) is 30.8 Å². The highest BCUT2D eigenvalue weighted by atomic mass is 32.1. The molecular weight excluding hydrogens is 681 g/mol. The number of hydrogen-bond donors (Lipinski definition) is 3. The van der Waals surface area contributed by atoms with Gasteiger partial charge in [-0.05, 0) is 43.2 Å². The van der Waals surface area contributed by atoms with E-state index >= 15 is 0 Å². The smallest absolute Gasteiger partial charge is 0.407 e. The molecular formula is C39H48N6O4S2. The van der Waals surface area contributed by atoms with Crippen LogP contribution in [0.1, 0.15) is 104 Å². The van der Waals surface area contributed by atoms with Gasteiger partial charge in [0.05, 0.1) is 33.2 Å². The maximum absolute atomic E-state index is 14.1. The number of rotatable bonds is 16. The Hall–Kier alpha value is -4.29. The Balaban J connectivity index is 1.16. The van der Waals surface area contributed by atoms with E-state index in [1.54, 1.807) is 35.0 Å². The summed E-state index contributed by atoms with van der Waals surface area (Å²) in [5, 5.41) is 12.7. The van der Waals surface area contributed by atoms with E-state index in [1.807, 2.05) is 48.7 Å². The van der Waals surface area contributed by atoms with Crippen molar-refractivity contribution in [2.24, 2.45) is 0 Å². The van der Waals surface area contributed by atoms with Crippen LogP contribution in [0.3, 0.4) is 0 Å². The number of carbonyl (C=O) groups is 3. The highest BCUT2D eigenvalue weighted by molar-refractivity contribution is 7.09. The number of urea groups is 1. The Labute approximate surface area is 308 Å². The van der Waals surface area contributed by atoms with Gasteiger partial charge in [0.25, 0.3) is 0 Å². The first kappa shape index (κ1) is 36.5. The fraction of sp³-hybridized carbons (Fsp3) is 0.462. The lowest BCUT2D eigenvalue weighted by Crippen LogP contribution is -2.53. The van der Waals surface area contributed by atoms with Gasteiger partial charge in [-0.1, -0.05) is 87.9 Å². The van der Waals surface area contributed by atoms with Crippen molar-refractivity contribution in [2.75, 3.05) is 7.05 Å². The monoisotopic (exact) mass is 728 g/mol. The molecule has 4 amide bonds. The number of thiazole rings is 2. The maximum atomic E-state index is 14.1. The van der Waals surface area contributed by atoms with Crippen LogP contribution in [0.4, 0.5) is 9.59 Å². The number of nitrogens with one attached hydrogen (secondary N) is 3. The molecule has 12 heteroatoms. The van der Waals surface area contributed by atoms with Crippen LogP contribution in [-0.2, 0) is 22.7 Å². The molecule has 0 spiro atoms. The van der Waals surface area contributed by atoms with Crippen LogP contribution in [0.5, 0.6) is 0 Å². The maximum Gasteiger partial charge on any atom is 0.407 e. The fourth-order valence-corrected chi connectivity index (χ4v) is 8.40. The normalized spacial score (nSPS) is 22.5. The molecule has 5 atom stereocenters. The number of aromatic nitrogens is 2. The zero-order valence-electron chi connectivity index (χ0n) is 29.8. The lowest BCUT2D eigenvalue weighted by molar-refractivity contribution is -0.124. The molecule has 2 aromatic heterocycles. The molecule has 2 aliphatic carbocycles. The summed E-state index contributed by atoms with van der Waals surface area (Å²) in [7, 11) is 1.73. The van der Waals surface area contributed by atoms with Gasteiger partial charge in [-0.15, -0.1) is 22.7 Å². The molecule has 0 bridgehead atoms. The number of benzene rings is 2. The predicted molar refractivity (Wildman–Crippen MR) is 201 cm³/mol. The Kier molecular flexibility index (Phi) is 11.4. The van der Waals surface area contributed by atoms with Crippen molar-refractivity contribution in [1.29, 1.82) is 0 Å². The van der Waals surface area contributed by atoms with Crippen LogP contribution < -0.4 is 16.0 Å². The van der Waals surface area contributed by atoms with Gasteiger partial charge < -0.3 is 25.6 Å². The number of carbonyl (C=O) groups excluding carboxylic acids is 3. The first-order chi connectivity index (χ1) is 24.6. The van der Waals surface area contributed by atoms with Gasteiger partial charge >= 0.3 is 12.1 Å². The minimum Gasteiger partial charge on any atom is -0.444 e. The summed E-state index contributed by atoms with van der Waals surface area (Å²) in [5.74, 6) is 0.391. The molecule has 2 aromatic carbocycles. The van der Waals surface area contributed by atoms with Crippen molar-refractivity contribution < 1.29 is 19.1 Å². The van der Waals surface area contributed by atoms with Gasteiger partial charge in [0.15, 0.2) is 0 Å². The number of nitrogens with zero attached hydrogens (tertiary/aromatic N) is 3. The summed E-state index contributed by atoms with van der Waals surface area (Å²) in [6, 6.07) is 19.5. The van der Waals surface area contributed by atoms with Crippen LogP contribution in [0, 0.1) is 0 Å². The largest absolute Gasteiger partial charge is 0.444 e. The zero-order valence-corrected chi connectivity index (χ0v) is 31.4. The summed E-state index contributed by atoms with van der Waals surface area (Å²) in [6.45, 7) is 6.74. The summed E-state index contributed by atoms with van der Waals surface area (Å²) in [6.07, 6.45) is 5.37. The van der Waals surface area contributed by atoms with E-state index in [0.29, 0.717) is 31.7 Å². The van der Waals surface area contributed by atoms with E-state index in [4.69, 9.17) is 4.74 Å². The molecule has 2 fully saturated rings. The van der Waals surface area contributed by atoms with Crippen molar-refractivity contribution in [3.05, 3.63) is 104 Å². The molecule has 0 saturated heterocycles. The van der Waals surface area contributed by atoms with Crippen LogP contribution in [0.25, 0.3) is 0 Å². The Morgan fingerprint density at radius 1 is 0.941 bits per heavy atom. The third-order valence-electron chi connectivity index (χ3n) is 10.1. The highest BCUT2D eigenvalue weighted by Crippen LogP contribution is 2.60. The number of ether oxygens (including phenoxy) is 1. The molecule has 51 heavy (non-hydrogen) atoms. The second kappa shape index (κ2) is 15.9. The van der Waals surface area contributed by atoms with Gasteiger partial charge in [-0.3, -0.25) is 9.78 Å². The van der Waals surface area contributed by atoms with Crippen molar-refractivity contribution in [2.45, 2.75) is 107 Å². The lowest BCUT2D eigenvalue weighted by atomic mass is 9.94. The number of alkyl carbamates (subject to hydrolysis) is 1. The van der Waals surface area contributed by atoms with Gasteiger partial charge in [0, 0.05) is 41.9 Å². The summed E-state index contributed by atoms with van der Waals surface area (Å²) in [4.78, 5) is 51.9. The van der Waals surface area contributed by atoms with Crippen LogP contribution >= 0.6 is 22.7 Å². The molecule has 3 unspecified atom stereocenters. The van der Waals surface area contributed by atoms with Crippen LogP contribution in [0.15, 0.2) is 77.8 Å². The Morgan fingerprint density at radius 2 is 1.57 bits per heavy atom. The van der Waals surface area contributed by atoms with E-state index in [-0.39, 0.29) is 30.4 Å². The van der Waals surface area contributed by atoms with Crippen LogP contribution in [-0.4, -0.2) is 57.1 Å². The predicted octanol–water partition coefficient (Wildman–Crippen LogP) is 7.71. The first-order valence-corrected chi connectivity index (χ1v) is 19.6. The molecule has 0 radical (unpaired) electrons. The molecule has 2 heterocycles. The number of hydrogen-bond acceptors (Lipinski definition) is 8. The highest BCUT2D eigenvalue weighted by Gasteiger charge is 2.61. The van der Waals surface area contributed by atoms with E-state index in [2.05, 4.69) is 64.0 Å². The SMILES string of the molecule is CCC[C@H](NC(=O)N(C)Cc1csc(C(C)C)n1)C(=O)NC1(CCC2(NC(=O)OCc3cncs3)CC2c2ccccc2)C[C@H]1c1ccccc1. The topological polar surface area (TPSA) is 126 Å². The van der Waals surface area contributed by atoms with Gasteiger partial charge in [0.1, 0.15) is 12.6 Å². The van der Waals surface area contributed by atoms with Gasteiger partial charge in [0.2, 0.25) is 5.91 Å². The van der Waals surface area contributed by atoms with E-state index in [1.165, 1.54) is 22.5 Å². The van der Waals surface area contributed by atoms with Crippen molar-refractivity contribution in [3.8, 4) is 0 Å². The minimum atomic E-state index is -0.688. The molecule has 2 saturated carbocycles. The van der Waals surface area contributed by atoms with E-state index in [9.17, 15) is 14.4 Å². The minimum absolute atomic E-state index is 0.118. The quantitative estimate of drug-likeness (QED) is 0.109. The Bertz CT molecular complexity index is 1770. The molecule has 0 aliphatic heterocycles. The average molecular weight is 729 g/mol. The standard InChI is InChI=1S/C39H48N6O4S2/c1-5-12-33(42-36(47)45(4)22-29-24-50-35(41-29)26(2)3)34(46)43-38(19-31(38)27-13-8-6-9-14-27)17-18-39(20-32(39)28-15-10-7-11-16-28)44-37(48)49-23-30-21-40-25-51-30/h6-11,13-16,21,24-26,31-33H,5,12,17-20,22-23H2,1-4H3,(H,42,47)(H,43,46)(H,44,48)/t31-,32?,33-,38?,39?/m0/s1. The molecule has 270 valence electrons. The molecule has 4 aromatic rings. The molecule has 6 rings (SSSR count). The van der Waals surface area contributed by atoms with E-state index in [0.717, 1.165) is 34.8 Å². The average Bonchev–Trinajstić information content (AvgIpc) is 3.82. The summed E-state index contributed by atoms with van der Waals surface area (Å²) >= 11 is 3.05. The van der Waals surface area contributed by atoms with Crippen molar-refractivity contribution in [3.63, 3.8) is 0 Å². The molecule has 2 aliphatic rings. The number of amides is 4. The van der Waals surface area contributed by atoms with Gasteiger partial charge in [-0.25, -0.2) is 14.6 Å². The molecule has 3 N–H and O–H groups in total. The molecule has 10 nitrogen and oxygen atoms in total. The van der Waals surface area contributed by atoms with Crippen LogP contribution in [0.2, 0.25) is 0 Å². The second-order valence-electron chi connectivity index (χ2n) is 14.3. The Morgan fingerprint density at radius 3 is 2.12 bits per heavy atom. The third kappa shape index (κ3) is 8.96. The lowest BCUT2D eigenvalue weighted by Gasteiger charge is -2.28. The fourth-order valence-electron chi connectivity index (χ4n) is 7.07. The summed E-state index contributed by atoms with van der Waals surface area (Å²) in [5.41, 5.74) is 3.87.